The van der Waals surface area contributed by atoms with Crippen molar-refractivity contribution in [3.63, 3.8) is 0 Å². The van der Waals surface area contributed by atoms with Gasteiger partial charge in [0.2, 0.25) is 0 Å². The van der Waals surface area contributed by atoms with E-state index in [0.29, 0.717) is 0 Å². The van der Waals surface area contributed by atoms with Crippen molar-refractivity contribution in [3.05, 3.63) is 191 Å². The maximum Gasteiger partial charge on any atom is 0.143 e. The van der Waals surface area contributed by atoms with E-state index in [1.165, 1.54) is 33.4 Å². The Bertz CT molecular complexity index is 3220. The number of nitrogens with zero attached hydrogens (tertiary/aromatic N) is 2. The molecular formula is C56H44N2O2. The molecule has 0 atom stereocenters. The van der Waals surface area contributed by atoms with Crippen molar-refractivity contribution in [3.8, 4) is 0 Å². The Hall–Kier alpha value is -7.30. The van der Waals surface area contributed by atoms with E-state index in [1.54, 1.807) is 0 Å². The molecule has 0 aliphatic rings. The second kappa shape index (κ2) is 13.6. The topological polar surface area (TPSA) is 32.8 Å². The number of furan rings is 2. The highest BCUT2D eigenvalue weighted by Crippen LogP contribution is 2.46. The Labute approximate surface area is 349 Å². The maximum absolute atomic E-state index is 6.78. The summed E-state index contributed by atoms with van der Waals surface area (Å²) in [5.41, 5.74) is 17.6. The van der Waals surface area contributed by atoms with E-state index >= 15 is 0 Å². The third-order valence-corrected chi connectivity index (χ3v) is 12.0. The monoisotopic (exact) mass is 776 g/mol. The number of anilines is 6. The smallest absolute Gasteiger partial charge is 0.143 e. The van der Waals surface area contributed by atoms with E-state index in [1.807, 2.05) is 0 Å². The Morgan fingerprint density at radius 1 is 0.283 bits per heavy atom. The third-order valence-electron chi connectivity index (χ3n) is 12.0. The van der Waals surface area contributed by atoms with Crippen LogP contribution in [-0.4, -0.2) is 0 Å². The van der Waals surface area contributed by atoms with Crippen LogP contribution in [0.5, 0.6) is 0 Å². The molecule has 0 unspecified atom stereocenters. The minimum atomic E-state index is 0.853. The zero-order chi connectivity index (χ0) is 40.8. The second-order valence-corrected chi connectivity index (χ2v) is 16.7. The number of rotatable bonds is 6. The van der Waals surface area contributed by atoms with Crippen LogP contribution in [0.15, 0.2) is 167 Å². The molecule has 0 aliphatic carbocycles. The lowest BCUT2D eigenvalue weighted by Gasteiger charge is -2.26. The first-order chi connectivity index (χ1) is 29.1. The number of hydrogen-bond donors (Lipinski definition) is 0. The normalized spacial score (nSPS) is 11.8. The standard InChI is InChI=1S/C56H44N2O2/c1-33-7-13-41(14-8-33)57(45-27-35(3)25-36(4)28-45)43-17-21-47-39(31-43)11-19-49-53-51(59-55(47)49)23-24-52-54(53)50-20-12-40-32-44(18-22-48(40)56(50)60-52)58(42-15-9-34(2)10-16-42)46-29-37(5)26-38(6)30-46/h7-32H,1-6H3. The summed E-state index contributed by atoms with van der Waals surface area (Å²) in [6.07, 6.45) is 0. The van der Waals surface area contributed by atoms with Crippen LogP contribution < -0.4 is 9.80 Å². The first-order valence-corrected chi connectivity index (χ1v) is 20.7. The van der Waals surface area contributed by atoms with Gasteiger partial charge >= 0.3 is 0 Å². The predicted molar refractivity (Wildman–Crippen MR) is 254 cm³/mol. The summed E-state index contributed by atoms with van der Waals surface area (Å²) in [6.45, 7) is 12.9. The molecule has 2 heterocycles. The average molecular weight is 777 g/mol. The Morgan fingerprint density at radius 3 is 1.02 bits per heavy atom. The van der Waals surface area contributed by atoms with Crippen molar-refractivity contribution in [2.75, 3.05) is 9.80 Å². The van der Waals surface area contributed by atoms with Crippen molar-refractivity contribution < 1.29 is 8.83 Å². The van der Waals surface area contributed by atoms with Crippen LogP contribution in [0.3, 0.4) is 0 Å². The lowest BCUT2D eigenvalue weighted by molar-refractivity contribution is 0.666. The SMILES string of the molecule is Cc1ccc(N(c2cc(C)cc(C)c2)c2ccc3c(ccc4c3oc3ccc5oc6c7ccc(N(c8ccc(C)cc8)c8cc(C)cc(C)c8)cc7ccc6c5c34)c2)cc1. The van der Waals surface area contributed by atoms with Crippen LogP contribution in [0.25, 0.3) is 65.4 Å². The van der Waals surface area contributed by atoms with E-state index in [-0.39, 0.29) is 0 Å². The van der Waals surface area contributed by atoms with Gasteiger partial charge in [-0.3, -0.25) is 0 Å². The third kappa shape index (κ3) is 5.90. The van der Waals surface area contributed by atoms with Gasteiger partial charge in [0, 0.05) is 66.4 Å². The molecule has 0 fully saturated rings. The Balaban J connectivity index is 1.05. The summed E-state index contributed by atoms with van der Waals surface area (Å²) in [5.74, 6) is 0. The summed E-state index contributed by atoms with van der Waals surface area (Å²) < 4.78 is 13.6. The number of hydrogen-bond acceptors (Lipinski definition) is 4. The van der Waals surface area contributed by atoms with E-state index in [0.717, 1.165) is 99.5 Å². The Kier molecular flexibility index (Phi) is 8.15. The fourth-order valence-corrected chi connectivity index (χ4v) is 9.40. The van der Waals surface area contributed by atoms with Gasteiger partial charge in [-0.15, -0.1) is 0 Å². The summed E-state index contributed by atoms with van der Waals surface area (Å²) in [7, 11) is 0. The average Bonchev–Trinajstić information content (AvgIpc) is 3.80. The minimum Gasteiger partial charge on any atom is -0.455 e. The van der Waals surface area contributed by atoms with Gasteiger partial charge in [0.1, 0.15) is 22.3 Å². The molecule has 4 nitrogen and oxygen atoms in total. The van der Waals surface area contributed by atoms with Gasteiger partial charge in [0.15, 0.2) is 0 Å². The molecule has 0 saturated carbocycles. The maximum atomic E-state index is 6.78. The van der Waals surface area contributed by atoms with E-state index in [2.05, 4.69) is 209 Å². The van der Waals surface area contributed by atoms with E-state index in [4.69, 9.17) is 8.83 Å². The molecule has 0 radical (unpaired) electrons. The zero-order valence-electron chi connectivity index (χ0n) is 34.7. The van der Waals surface area contributed by atoms with Gasteiger partial charge in [-0.25, -0.2) is 0 Å². The lowest BCUT2D eigenvalue weighted by Crippen LogP contribution is -2.10. The van der Waals surface area contributed by atoms with E-state index in [9.17, 15) is 0 Å². The van der Waals surface area contributed by atoms with Crippen LogP contribution in [0.1, 0.15) is 33.4 Å². The summed E-state index contributed by atoms with van der Waals surface area (Å²) in [6, 6.07) is 57.5. The molecule has 0 bridgehead atoms. The van der Waals surface area contributed by atoms with Gasteiger partial charge in [0.25, 0.3) is 0 Å². The molecule has 4 heteroatoms. The van der Waals surface area contributed by atoms with Gasteiger partial charge < -0.3 is 18.6 Å². The molecule has 0 amide bonds. The molecule has 11 aromatic rings. The summed E-state index contributed by atoms with van der Waals surface area (Å²) in [4.78, 5) is 4.69. The second-order valence-electron chi connectivity index (χ2n) is 16.7. The molecule has 11 rings (SSSR count). The van der Waals surface area contributed by atoms with Crippen LogP contribution in [0.4, 0.5) is 34.1 Å². The number of benzene rings is 9. The first-order valence-electron chi connectivity index (χ1n) is 20.7. The van der Waals surface area contributed by atoms with Crippen LogP contribution in [0.2, 0.25) is 0 Å². The largest absolute Gasteiger partial charge is 0.455 e. The molecule has 2 aromatic heterocycles. The van der Waals surface area contributed by atoms with Gasteiger partial charge in [-0.1, -0.05) is 59.7 Å². The zero-order valence-corrected chi connectivity index (χ0v) is 34.7. The fraction of sp³-hybridized carbons (Fsp3) is 0.107. The quantitative estimate of drug-likeness (QED) is 0.168. The van der Waals surface area contributed by atoms with Crippen molar-refractivity contribution in [1.82, 2.24) is 0 Å². The number of aryl methyl sites for hydroxylation is 6. The van der Waals surface area contributed by atoms with Crippen LogP contribution in [0, 0.1) is 41.5 Å². The van der Waals surface area contributed by atoms with Crippen molar-refractivity contribution in [2.24, 2.45) is 0 Å². The Morgan fingerprint density at radius 2 is 0.633 bits per heavy atom. The summed E-state index contributed by atoms with van der Waals surface area (Å²) >= 11 is 0. The molecule has 0 N–H and O–H groups in total. The molecule has 0 spiro atoms. The molecule has 0 saturated heterocycles. The molecule has 9 aromatic carbocycles. The highest BCUT2D eigenvalue weighted by molar-refractivity contribution is 6.30. The van der Waals surface area contributed by atoms with Gasteiger partial charge in [-0.05, 0) is 184 Å². The highest BCUT2D eigenvalue weighted by Gasteiger charge is 2.21. The minimum absolute atomic E-state index is 0.853. The van der Waals surface area contributed by atoms with Gasteiger partial charge in [-0.2, -0.15) is 0 Å². The fourth-order valence-electron chi connectivity index (χ4n) is 9.40. The molecule has 0 aliphatic heterocycles. The highest BCUT2D eigenvalue weighted by atomic mass is 16.3. The van der Waals surface area contributed by atoms with Crippen LogP contribution >= 0.6 is 0 Å². The van der Waals surface area contributed by atoms with Gasteiger partial charge in [0.05, 0.1) is 0 Å². The van der Waals surface area contributed by atoms with Crippen molar-refractivity contribution in [1.29, 1.82) is 0 Å². The molecular weight excluding hydrogens is 733 g/mol. The van der Waals surface area contributed by atoms with E-state index < -0.39 is 0 Å². The molecule has 60 heavy (non-hydrogen) atoms. The van der Waals surface area contributed by atoms with Crippen molar-refractivity contribution >= 4 is 99.5 Å². The lowest BCUT2D eigenvalue weighted by atomic mass is 10.00. The number of fused-ring (bicyclic) bond motifs is 11. The van der Waals surface area contributed by atoms with Crippen molar-refractivity contribution in [2.45, 2.75) is 41.5 Å². The van der Waals surface area contributed by atoms with Crippen LogP contribution in [-0.2, 0) is 0 Å². The molecule has 290 valence electrons. The predicted octanol–water partition coefficient (Wildman–Crippen LogP) is 16.6. The first kappa shape index (κ1) is 35.8. The summed E-state index contributed by atoms with van der Waals surface area (Å²) in [5, 5.41) is 8.74.